The molecule has 6 heteroatoms. The monoisotopic (exact) mass is 352 g/mol. The third kappa shape index (κ3) is 5.58. The van der Waals surface area contributed by atoms with E-state index < -0.39 is 0 Å². The van der Waals surface area contributed by atoms with Crippen LogP contribution in [0.4, 0.5) is 4.39 Å². The molecule has 128 valence electrons. The van der Waals surface area contributed by atoms with Gasteiger partial charge in [-0.3, -0.25) is 4.90 Å². The van der Waals surface area contributed by atoms with E-state index in [0.717, 1.165) is 43.9 Å². The zero-order chi connectivity index (χ0) is 14.5. The molecule has 1 saturated heterocycles. The summed E-state index contributed by atoms with van der Waals surface area (Å²) in [6.07, 6.45) is 1.01. The van der Waals surface area contributed by atoms with Gasteiger partial charge in [0.15, 0.2) is 0 Å². The molecule has 1 fully saturated rings. The average Bonchev–Trinajstić information content (AvgIpc) is 2.45. The molecule has 1 aliphatic heterocycles. The Kier molecular flexibility index (Phi) is 10.0. The van der Waals surface area contributed by atoms with E-state index in [9.17, 15) is 4.39 Å². The second kappa shape index (κ2) is 10.3. The fourth-order valence-electron chi connectivity index (χ4n) is 2.88. The first-order chi connectivity index (χ1) is 9.61. The lowest BCUT2D eigenvalue weighted by Gasteiger charge is -2.36. The first kappa shape index (κ1) is 21.4. The van der Waals surface area contributed by atoms with Crippen LogP contribution in [0.5, 0.6) is 5.75 Å². The summed E-state index contributed by atoms with van der Waals surface area (Å²) in [7, 11) is 1.65. The number of benzene rings is 1. The summed E-state index contributed by atoms with van der Waals surface area (Å²) in [6.45, 7) is 8.40. The minimum atomic E-state index is -0.190. The Morgan fingerprint density at radius 2 is 1.86 bits per heavy atom. The van der Waals surface area contributed by atoms with Gasteiger partial charge in [0.25, 0.3) is 0 Å². The van der Waals surface area contributed by atoms with E-state index in [1.165, 1.54) is 6.07 Å². The van der Waals surface area contributed by atoms with Gasteiger partial charge >= 0.3 is 0 Å². The van der Waals surface area contributed by atoms with Crippen molar-refractivity contribution < 1.29 is 9.13 Å². The maximum Gasteiger partial charge on any atom is 0.123 e. The highest BCUT2D eigenvalue weighted by molar-refractivity contribution is 5.85. The van der Waals surface area contributed by atoms with Crippen molar-refractivity contribution in [2.45, 2.75) is 26.3 Å². The predicted octanol–water partition coefficient (Wildman–Crippen LogP) is 3.67. The maximum absolute atomic E-state index is 13.7. The summed E-state index contributed by atoms with van der Waals surface area (Å²) >= 11 is 0. The zero-order valence-corrected chi connectivity index (χ0v) is 15.1. The Labute approximate surface area is 145 Å². The van der Waals surface area contributed by atoms with Crippen molar-refractivity contribution in [3.05, 3.63) is 29.6 Å². The standard InChI is InChI=1S/C16H25FN2O.2ClH/c1-12(2)10-15(19-8-6-18-7-9-19)14-11-13(17)4-5-16(14)20-3;;/h4-5,11-12,15,18H,6-10H2,1-3H3;2*1H/t15-;;/m1../s1. The number of ether oxygens (including phenoxy) is 1. The van der Waals surface area contributed by atoms with Crippen molar-refractivity contribution in [3.8, 4) is 5.75 Å². The quantitative estimate of drug-likeness (QED) is 0.874. The lowest BCUT2D eigenvalue weighted by atomic mass is 9.94. The summed E-state index contributed by atoms with van der Waals surface area (Å²) < 4.78 is 19.1. The molecule has 1 aromatic carbocycles. The molecule has 1 aromatic rings. The number of hydrogen-bond acceptors (Lipinski definition) is 3. The third-order valence-corrected chi connectivity index (χ3v) is 3.84. The highest BCUT2D eigenvalue weighted by Gasteiger charge is 2.26. The number of nitrogens with zero attached hydrogens (tertiary/aromatic N) is 1. The lowest BCUT2D eigenvalue weighted by molar-refractivity contribution is 0.151. The van der Waals surface area contributed by atoms with Crippen LogP contribution in [0.3, 0.4) is 0 Å². The summed E-state index contributed by atoms with van der Waals surface area (Å²) in [5.41, 5.74) is 0.975. The first-order valence-corrected chi connectivity index (χ1v) is 7.40. The summed E-state index contributed by atoms with van der Waals surface area (Å²) in [5, 5.41) is 3.37. The number of rotatable bonds is 5. The van der Waals surface area contributed by atoms with Crippen molar-refractivity contribution in [2.75, 3.05) is 33.3 Å². The molecule has 0 radical (unpaired) electrons. The number of methoxy groups -OCH3 is 1. The van der Waals surface area contributed by atoms with Gasteiger partial charge in [-0.1, -0.05) is 13.8 Å². The van der Waals surface area contributed by atoms with E-state index in [1.807, 2.05) is 0 Å². The van der Waals surface area contributed by atoms with Crippen LogP contribution in [-0.2, 0) is 0 Å². The van der Waals surface area contributed by atoms with Crippen molar-refractivity contribution >= 4 is 24.8 Å². The minimum absolute atomic E-state index is 0. The van der Waals surface area contributed by atoms with Crippen LogP contribution in [-0.4, -0.2) is 38.2 Å². The van der Waals surface area contributed by atoms with Gasteiger partial charge in [0, 0.05) is 37.8 Å². The lowest BCUT2D eigenvalue weighted by Crippen LogP contribution is -2.45. The molecule has 3 nitrogen and oxygen atoms in total. The zero-order valence-electron chi connectivity index (χ0n) is 13.5. The van der Waals surface area contributed by atoms with Gasteiger partial charge in [-0.05, 0) is 30.5 Å². The Hall–Kier alpha value is -0.550. The van der Waals surface area contributed by atoms with E-state index >= 15 is 0 Å². The number of halogens is 3. The van der Waals surface area contributed by atoms with Crippen LogP contribution in [0, 0.1) is 11.7 Å². The second-order valence-electron chi connectivity index (χ2n) is 5.82. The van der Waals surface area contributed by atoms with Crippen molar-refractivity contribution in [3.63, 3.8) is 0 Å². The first-order valence-electron chi connectivity index (χ1n) is 7.40. The van der Waals surface area contributed by atoms with Crippen LogP contribution < -0.4 is 10.1 Å². The van der Waals surface area contributed by atoms with Gasteiger partial charge in [-0.25, -0.2) is 4.39 Å². The predicted molar refractivity (Wildman–Crippen MR) is 94.1 cm³/mol. The minimum Gasteiger partial charge on any atom is -0.496 e. The van der Waals surface area contributed by atoms with Crippen LogP contribution in [0.25, 0.3) is 0 Å². The molecule has 0 saturated carbocycles. The average molecular weight is 353 g/mol. The molecule has 1 heterocycles. The van der Waals surface area contributed by atoms with Crippen molar-refractivity contribution in [1.82, 2.24) is 10.2 Å². The highest BCUT2D eigenvalue weighted by atomic mass is 35.5. The fraction of sp³-hybridized carbons (Fsp3) is 0.625. The summed E-state index contributed by atoms with van der Waals surface area (Å²) in [6, 6.07) is 5.06. The molecular formula is C16H27Cl2FN2O. The number of hydrogen-bond donors (Lipinski definition) is 1. The smallest absolute Gasteiger partial charge is 0.123 e. The Morgan fingerprint density at radius 3 is 2.41 bits per heavy atom. The molecule has 0 aliphatic carbocycles. The number of nitrogens with one attached hydrogen (secondary N) is 1. The van der Waals surface area contributed by atoms with Crippen LogP contribution in [0.15, 0.2) is 18.2 Å². The Morgan fingerprint density at radius 1 is 1.23 bits per heavy atom. The molecule has 22 heavy (non-hydrogen) atoms. The highest BCUT2D eigenvalue weighted by Crippen LogP contribution is 2.34. The van der Waals surface area contributed by atoms with Crippen molar-refractivity contribution in [2.24, 2.45) is 5.92 Å². The van der Waals surface area contributed by atoms with Crippen molar-refractivity contribution in [1.29, 1.82) is 0 Å². The molecule has 0 bridgehead atoms. The Balaban J connectivity index is 0.00000220. The third-order valence-electron chi connectivity index (χ3n) is 3.84. The molecular weight excluding hydrogens is 326 g/mol. The maximum atomic E-state index is 13.7. The molecule has 2 rings (SSSR count). The van der Waals surface area contributed by atoms with Crippen LogP contribution in [0.2, 0.25) is 0 Å². The van der Waals surface area contributed by atoms with Gasteiger partial charge in [0.05, 0.1) is 7.11 Å². The largest absolute Gasteiger partial charge is 0.496 e. The molecule has 1 atom stereocenters. The second-order valence-corrected chi connectivity index (χ2v) is 5.82. The molecule has 0 amide bonds. The van der Waals surface area contributed by atoms with Crippen LogP contribution in [0.1, 0.15) is 31.9 Å². The van der Waals surface area contributed by atoms with Gasteiger partial charge in [-0.15, -0.1) is 24.8 Å². The summed E-state index contributed by atoms with van der Waals surface area (Å²) in [5.74, 6) is 1.16. The molecule has 0 spiro atoms. The summed E-state index contributed by atoms with van der Waals surface area (Å²) in [4.78, 5) is 2.44. The van der Waals surface area contributed by atoms with Gasteiger partial charge in [0.2, 0.25) is 0 Å². The van der Waals surface area contributed by atoms with E-state index in [2.05, 4.69) is 24.1 Å². The fourth-order valence-corrected chi connectivity index (χ4v) is 2.88. The Bertz CT molecular complexity index is 440. The molecule has 1 N–H and O–H groups in total. The van der Waals surface area contributed by atoms with Gasteiger partial charge in [0.1, 0.15) is 11.6 Å². The van der Waals surface area contributed by atoms with Gasteiger partial charge < -0.3 is 10.1 Å². The van der Waals surface area contributed by atoms with Gasteiger partial charge in [-0.2, -0.15) is 0 Å². The number of piperazine rings is 1. The molecule has 1 aliphatic rings. The van der Waals surface area contributed by atoms with E-state index in [1.54, 1.807) is 19.2 Å². The van der Waals surface area contributed by atoms with E-state index in [0.29, 0.717) is 5.92 Å². The normalized spacial score (nSPS) is 16.6. The molecule has 0 aromatic heterocycles. The van der Waals surface area contributed by atoms with E-state index in [4.69, 9.17) is 4.74 Å². The van der Waals surface area contributed by atoms with E-state index in [-0.39, 0.29) is 36.7 Å². The SMILES string of the molecule is COc1ccc(F)cc1[C@@H](CC(C)C)N1CCNCC1.Cl.Cl. The topological polar surface area (TPSA) is 24.5 Å². The van der Waals surface area contributed by atoms with Crippen LogP contribution >= 0.6 is 24.8 Å². The molecule has 0 unspecified atom stereocenters.